The molecule has 1 N–H and O–H groups in total. The molecule has 0 aliphatic carbocycles. The van der Waals surface area contributed by atoms with Gasteiger partial charge in [0.1, 0.15) is 18.2 Å². The number of rotatable bonds is 4. The Kier molecular flexibility index (Phi) is 5.44. The van der Waals surface area contributed by atoms with Crippen molar-refractivity contribution in [2.24, 2.45) is 0 Å². The Morgan fingerprint density at radius 1 is 1.23 bits per heavy atom. The lowest BCUT2D eigenvalue weighted by molar-refractivity contribution is 0.269. The summed E-state index contributed by atoms with van der Waals surface area (Å²) in [6.45, 7) is 4.16. The topological polar surface area (TPSA) is 38.3 Å². The smallest absolute Gasteiger partial charge is 0.283 e. The van der Waals surface area contributed by atoms with Crippen LogP contribution in [0.1, 0.15) is 16.7 Å². The molecule has 0 bridgehead atoms. The minimum absolute atomic E-state index is 0.186. The first-order valence-electron chi connectivity index (χ1n) is 6.83. The van der Waals surface area contributed by atoms with Crippen LogP contribution in [0.2, 0.25) is 0 Å². The fraction of sp³-hybridized carbons (Fsp3) is 0.235. The fourth-order valence-electron chi connectivity index (χ4n) is 2.08. The molecule has 0 aliphatic rings. The molecule has 0 radical (unpaired) electrons. The summed E-state index contributed by atoms with van der Waals surface area (Å²) in [4.78, 5) is 11.5. The van der Waals surface area contributed by atoms with Gasteiger partial charge in [-0.3, -0.25) is 4.79 Å². The number of carbonyl (C=O) groups is 1. The highest BCUT2D eigenvalue weighted by Crippen LogP contribution is 2.23. The van der Waals surface area contributed by atoms with E-state index < -0.39 is 0 Å². The molecule has 0 heterocycles. The average Bonchev–Trinajstić information content (AvgIpc) is 2.48. The van der Waals surface area contributed by atoms with E-state index in [9.17, 15) is 9.18 Å². The van der Waals surface area contributed by atoms with Crippen LogP contribution in [0, 0.1) is 19.7 Å². The lowest BCUT2D eigenvalue weighted by Gasteiger charge is -2.13. The van der Waals surface area contributed by atoms with E-state index in [0.29, 0.717) is 11.3 Å². The van der Waals surface area contributed by atoms with Crippen LogP contribution < -0.4 is 10.1 Å². The van der Waals surface area contributed by atoms with Crippen LogP contribution in [-0.2, 0) is 6.61 Å². The zero-order valence-electron chi connectivity index (χ0n) is 12.8. The second kappa shape index (κ2) is 7.31. The van der Waals surface area contributed by atoms with E-state index in [0.717, 1.165) is 28.6 Å². The highest BCUT2D eigenvalue weighted by molar-refractivity contribution is 8.13. The molecular weight excluding hydrogens is 301 g/mol. The van der Waals surface area contributed by atoms with E-state index in [1.54, 1.807) is 12.3 Å². The van der Waals surface area contributed by atoms with Crippen LogP contribution in [-0.4, -0.2) is 11.5 Å². The van der Waals surface area contributed by atoms with Crippen molar-refractivity contribution in [1.29, 1.82) is 0 Å². The minimum atomic E-state index is -0.360. The summed E-state index contributed by atoms with van der Waals surface area (Å²) in [5.74, 6) is 0.387. The second-order valence-electron chi connectivity index (χ2n) is 4.98. The number of hydrogen-bond donors (Lipinski definition) is 1. The van der Waals surface area contributed by atoms with Crippen molar-refractivity contribution in [1.82, 2.24) is 0 Å². The number of halogens is 1. The normalized spacial score (nSPS) is 10.4. The molecule has 2 aromatic carbocycles. The molecule has 2 aromatic rings. The lowest BCUT2D eigenvalue weighted by atomic mass is 10.1. The maximum Gasteiger partial charge on any atom is 0.283 e. The first kappa shape index (κ1) is 16.4. The van der Waals surface area contributed by atoms with Gasteiger partial charge in [-0.25, -0.2) is 4.39 Å². The molecule has 0 unspecified atom stereocenters. The molecule has 0 aliphatic heterocycles. The van der Waals surface area contributed by atoms with Crippen LogP contribution in [0.5, 0.6) is 5.75 Å². The summed E-state index contributed by atoms with van der Waals surface area (Å²) in [7, 11) is 0. The highest BCUT2D eigenvalue weighted by atomic mass is 32.2. The molecule has 1 amide bonds. The summed E-state index contributed by atoms with van der Waals surface area (Å²) in [5.41, 5.74) is 3.34. The molecule has 0 aromatic heterocycles. The number of amides is 1. The molecule has 0 fully saturated rings. The maximum absolute atomic E-state index is 13.5. The summed E-state index contributed by atoms with van der Waals surface area (Å²) in [5, 5.41) is 2.53. The highest BCUT2D eigenvalue weighted by Gasteiger charge is 2.09. The summed E-state index contributed by atoms with van der Waals surface area (Å²) >= 11 is 1.07. The molecule has 3 nitrogen and oxygen atoms in total. The van der Waals surface area contributed by atoms with Crippen molar-refractivity contribution in [2.45, 2.75) is 20.5 Å². The Morgan fingerprint density at radius 2 is 2.00 bits per heavy atom. The first-order chi connectivity index (χ1) is 10.5. The number of thioether (sulfide) groups is 1. The summed E-state index contributed by atoms with van der Waals surface area (Å²) in [6, 6.07) is 10.1. The van der Waals surface area contributed by atoms with Gasteiger partial charge < -0.3 is 10.1 Å². The van der Waals surface area contributed by atoms with Crippen LogP contribution in [0.25, 0.3) is 0 Å². The third-order valence-corrected chi connectivity index (χ3v) is 3.68. The SMILES string of the molecule is CSC(=O)Nc1ccc(F)cc1COc1ccc(C)cc1C. The van der Waals surface area contributed by atoms with Crippen LogP contribution >= 0.6 is 11.8 Å². The van der Waals surface area contributed by atoms with E-state index in [4.69, 9.17) is 4.74 Å². The minimum Gasteiger partial charge on any atom is -0.489 e. The standard InChI is InChI=1S/C17H18FNO2S/c1-11-4-7-16(12(2)8-11)21-10-13-9-14(18)5-6-15(13)19-17(20)22-3/h4-9H,10H2,1-3H3,(H,19,20). The number of aryl methyl sites for hydroxylation is 2. The molecule has 0 atom stereocenters. The molecule has 0 spiro atoms. The molecule has 116 valence electrons. The van der Waals surface area contributed by atoms with Gasteiger partial charge in [-0.15, -0.1) is 0 Å². The van der Waals surface area contributed by atoms with Gasteiger partial charge in [0.2, 0.25) is 0 Å². The van der Waals surface area contributed by atoms with Gasteiger partial charge in [-0.05, 0) is 49.9 Å². The monoisotopic (exact) mass is 319 g/mol. The van der Waals surface area contributed by atoms with E-state index >= 15 is 0 Å². The van der Waals surface area contributed by atoms with Gasteiger partial charge >= 0.3 is 0 Å². The van der Waals surface area contributed by atoms with Gasteiger partial charge in [0.25, 0.3) is 5.24 Å². The largest absolute Gasteiger partial charge is 0.489 e. The number of benzene rings is 2. The zero-order chi connectivity index (χ0) is 16.1. The first-order valence-corrected chi connectivity index (χ1v) is 8.05. The van der Waals surface area contributed by atoms with Gasteiger partial charge in [0, 0.05) is 11.3 Å². The van der Waals surface area contributed by atoms with Crippen molar-refractivity contribution < 1.29 is 13.9 Å². The predicted molar refractivity (Wildman–Crippen MR) is 89.2 cm³/mol. The van der Waals surface area contributed by atoms with Crippen molar-refractivity contribution in [3.05, 3.63) is 58.9 Å². The molecular formula is C17H18FNO2S. The summed E-state index contributed by atoms with van der Waals surface area (Å²) < 4.78 is 19.2. The molecule has 0 saturated heterocycles. The Bertz CT molecular complexity index is 688. The average molecular weight is 319 g/mol. The predicted octanol–water partition coefficient (Wildman–Crippen LogP) is 4.92. The maximum atomic E-state index is 13.5. The van der Waals surface area contributed by atoms with Gasteiger partial charge in [-0.2, -0.15) is 0 Å². The van der Waals surface area contributed by atoms with Crippen molar-refractivity contribution in [2.75, 3.05) is 11.6 Å². The fourth-order valence-corrected chi connectivity index (χ4v) is 2.29. The van der Waals surface area contributed by atoms with E-state index in [1.165, 1.54) is 12.1 Å². The Morgan fingerprint density at radius 3 is 2.68 bits per heavy atom. The van der Waals surface area contributed by atoms with E-state index in [-0.39, 0.29) is 17.7 Å². The molecule has 5 heteroatoms. The molecule has 2 rings (SSSR count). The lowest BCUT2D eigenvalue weighted by Crippen LogP contribution is -2.08. The van der Waals surface area contributed by atoms with Crippen molar-refractivity contribution in [3.8, 4) is 5.75 Å². The second-order valence-corrected chi connectivity index (χ2v) is 5.75. The molecule has 0 saturated carbocycles. The van der Waals surface area contributed by atoms with Gasteiger partial charge in [0.15, 0.2) is 0 Å². The van der Waals surface area contributed by atoms with Crippen molar-refractivity contribution in [3.63, 3.8) is 0 Å². The Balaban J connectivity index is 2.17. The number of hydrogen-bond acceptors (Lipinski definition) is 3. The number of nitrogens with one attached hydrogen (secondary N) is 1. The van der Waals surface area contributed by atoms with Gasteiger partial charge in [0.05, 0.1) is 0 Å². The molecule has 22 heavy (non-hydrogen) atoms. The summed E-state index contributed by atoms with van der Waals surface area (Å²) in [6.07, 6.45) is 1.69. The van der Waals surface area contributed by atoms with E-state index in [1.807, 2.05) is 32.0 Å². The van der Waals surface area contributed by atoms with Crippen LogP contribution in [0.4, 0.5) is 14.9 Å². The third-order valence-electron chi connectivity index (χ3n) is 3.20. The van der Waals surface area contributed by atoms with Crippen LogP contribution in [0.3, 0.4) is 0 Å². The van der Waals surface area contributed by atoms with Gasteiger partial charge in [-0.1, -0.05) is 29.5 Å². The number of anilines is 1. The Hall–Kier alpha value is -2.01. The number of carbonyl (C=O) groups excluding carboxylic acids is 1. The third kappa shape index (κ3) is 4.24. The van der Waals surface area contributed by atoms with E-state index in [2.05, 4.69) is 5.32 Å². The quantitative estimate of drug-likeness (QED) is 0.869. The van der Waals surface area contributed by atoms with Crippen LogP contribution in [0.15, 0.2) is 36.4 Å². The Labute approximate surface area is 133 Å². The van der Waals surface area contributed by atoms with Crippen molar-refractivity contribution >= 4 is 22.7 Å². The zero-order valence-corrected chi connectivity index (χ0v) is 13.6. The number of ether oxygens (including phenoxy) is 1.